The van der Waals surface area contributed by atoms with Crippen LogP contribution in [0.15, 0.2) is 41.8 Å². The van der Waals surface area contributed by atoms with E-state index < -0.39 is 14.8 Å². The molecule has 0 aliphatic rings. The molecule has 0 aliphatic heterocycles. The van der Waals surface area contributed by atoms with E-state index >= 15 is 0 Å². The Morgan fingerprint density at radius 3 is 2.11 bits per heavy atom. The third-order valence-electron chi connectivity index (χ3n) is 3.71. The maximum absolute atomic E-state index is 12.3. The van der Waals surface area contributed by atoms with Crippen molar-refractivity contribution in [1.29, 1.82) is 0 Å². The second kappa shape index (κ2) is 8.54. The molecule has 0 saturated carbocycles. The summed E-state index contributed by atoms with van der Waals surface area (Å²) in [6.45, 7) is 0. The van der Waals surface area contributed by atoms with Crippen LogP contribution in [-0.2, 0) is 15.6 Å². The van der Waals surface area contributed by atoms with Gasteiger partial charge in [0.05, 0.1) is 43.6 Å². The van der Waals surface area contributed by atoms with Crippen LogP contribution in [-0.4, -0.2) is 34.7 Å². The van der Waals surface area contributed by atoms with Crippen molar-refractivity contribution in [3.8, 4) is 17.2 Å². The molecular weight excluding hydrogens is 374 g/mol. The minimum atomic E-state index is -3.65. The highest BCUT2D eigenvalue weighted by atomic mass is 32.2. The molecule has 0 spiro atoms. The molecule has 0 radical (unpaired) electrons. The lowest BCUT2D eigenvalue weighted by atomic mass is 10.1. The minimum Gasteiger partial charge on any atom is -0.497 e. The first-order valence-corrected chi connectivity index (χ1v) is 9.45. The molecule has 0 amide bonds. The van der Waals surface area contributed by atoms with Gasteiger partial charge in [-0.1, -0.05) is 12.1 Å². The van der Waals surface area contributed by atoms with Crippen molar-refractivity contribution in [3.63, 3.8) is 0 Å². The molecule has 9 heteroatoms. The number of rotatable bonds is 8. The van der Waals surface area contributed by atoms with Gasteiger partial charge in [0.2, 0.25) is 0 Å². The molecule has 0 aromatic heterocycles. The molecule has 2 rings (SSSR count). The Morgan fingerprint density at radius 2 is 1.59 bits per heavy atom. The second-order valence-corrected chi connectivity index (χ2v) is 7.37. The van der Waals surface area contributed by atoms with Gasteiger partial charge in [-0.3, -0.25) is 10.1 Å². The lowest BCUT2D eigenvalue weighted by molar-refractivity contribution is -0.385. The van der Waals surface area contributed by atoms with Crippen LogP contribution < -0.4 is 14.2 Å². The molecular formula is C18H19NO7S. The molecule has 0 atom stereocenters. The molecule has 2 aromatic rings. The fourth-order valence-corrected chi connectivity index (χ4v) is 3.46. The Balaban J connectivity index is 2.32. The Labute approximate surface area is 157 Å². The maximum atomic E-state index is 12.3. The average Bonchev–Trinajstić information content (AvgIpc) is 2.65. The normalized spacial score (nSPS) is 11.4. The Hall–Kier alpha value is -3.07. The van der Waals surface area contributed by atoms with Gasteiger partial charge in [0.15, 0.2) is 21.3 Å². The highest BCUT2D eigenvalue weighted by Gasteiger charge is 2.18. The van der Waals surface area contributed by atoms with Gasteiger partial charge in [-0.2, -0.15) is 0 Å². The van der Waals surface area contributed by atoms with Gasteiger partial charge in [-0.05, 0) is 29.8 Å². The number of nitrogens with zero attached hydrogens (tertiary/aromatic N) is 1. The fourth-order valence-electron chi connectivity index (χ4n) is 2.35. The van der Waals surface area contributed by atoms with Gasteiger partial charge in [-0.25, -0.2) is 8.42 Å². The van der Waals surface area contributed by atoms with Crippen molar-refractivity contribution < 1.29 is 27.6 Å². The van der Waals surface area contributed by atoms with E-state index in [4.69, 9.17) is 14.2 Å². The molecule has 0 bridgehead atoms. The van der Waals surface area contributed by atoms with E-state index in [1.165, 1.54) is 39.5 Å². The van der Waals surface area contributed by atoms with Crippen LogP contribution in [0, 0.1) is 10.1 Å². The monoisotopic (exact) mass is 393 g/mol. The largest absolute Gasteiger partial charge is 0.497 e. The van der Waals surface area contributed by atoms with Crippen LogP contribution in [0.3, 0.4) is 0 Å². The third-order valence-corrected chi connectivity index (χ3v) is 5.00. The first-order chi connectivity index (χ1) is 12.8. The summed E-state index contributed by atoms with van der Waals surface area (Å²) in [6.07, 6.45) is 1.18. The summed E-state index contributed by atoms with van der Waals surface area (Å²) in [5, 5.41) is 12.2. The molecule has 0 N–H and O–H groups in total. The number of nitro groups is 1. The Morgan fingerprint density at radius 1 is 1.00 bits per heavy atom. The number of sulfone groups is 1. The van der Waals surface area contributed by atoms with Gasteiger partial charge >= 0.3 is 0 Å². The Bertz CT molecular complexity index is 950. The zero-order valence-electron chi connectivity index (χ0n) is 15.0. The van der Waals surface area contributed by atoms with Crippen molar-refractivity contribution in [1.82, 2.24) is 0 Å². The summed E-state index contributed by atoms with van der Waals surface area (Å²) in [5.41, 5.74) is 0.377. The van der Waals surface area contributed by atoms with E-state index in [-0.39, 0.29) is 28.5 Å². The van der Waals surface area contributed by atoms with E-state index in [0.717, 1.165) is 5.41 Å². The molecule has 0 aliphatic carbocycles. The lowest BCUT2D eigenvalue weighted by Gasteiger charge is -2.08. The lowest BCUT2D eigenvalue weighted by Crippen LogP contribution is -2.01. The fraction of sp³-hybridized carbons (Fsp3) is 0.222. The molecule has 0 heterocycles. The number of hydrogen-bond donors (Lipinski definition) is 0. The number of nitro benzene ring substituents is 1. The number of methoxy groups -OCH3 is 3. The standard InChI is InChI=1S/C18H19NO7S/c1-24-15-6-4-13(5-7-15)12-27(22,23)9-8-14-10-17(25-2)18(26-3)11-16(14)19(20)21/h4-11H,12H2,1-3H3/b9-8+. The molecule has 8 nitrogen and oxygen atoms in total. The first kappa shape index (κ1) is 20.2. The van der Waals surface area contributed by atoms with Crippen molar-refractivity contribution in [3.05, 3.63) is 63.0 Å². The quantitative estimate of drug-likeness (QED) is 0.501. The van der Waals surface area contributed by atoms with E-state index in [1.54, 1.807) is 24.3 Å². The first-order valence-electron chi connectivity index (χ1n) is 7.74. The van der Waals surface area contributed by atoms with Crippen molar-refractivity contribution in [2.75, 3.05) is 21.3 Å². The van der Waals surface area contributed by atoms with Crippen LogP contribution >= 0.6 is 0 Å². The molecule has 0 saturated heterocycles. The molecule has 144 valence electrons. The summed E-state index contributed by atoms with van der Waals surface area (Å²) < 4.78 is 39.9. The smallest absolute Gasteiger partial charge is 0.280 e. The molecule has 0 fully saturated rings. The highest BCUT2D eigenvalue weighted by Crippen LogP contribution is 2.35. The summed E-state index contributed by atoms with van der Waals surface area (Å²) in [4.78, 5) is 10.7. The Kier molecular flexibility index (Phi) is 6.40. The molecule has 2 aromatic carbocycles. The van der Waals surface area contributed by atoms with Gasteiger partial charge in [0.1, 0.15) is 5.75 Å². The van der Waals surface area contributed by atoms with Gasteiger partial charge in [0, 0.05) is 5.41 Å². The van der Waals surface area contributed by atoms with E-state index in [0.29, 0.717) is 11.3 Å². The van der Waals surface area contributed by atoms with E-state index in [9.17, 15) is 18.5 Å². The van der Waals surface area contributed by atoms with Crippen LogP contribution in [0.4, 0.5) is 5.69 Å². The summed E-state index contributed by atoms with van der Waals surface area (Å²) in [5.74, 6) is 0.819. The number of benzene rings is 2. The zero-order valence-corrected chi connectivity index (χ0v) is 15.9. The summed E-state index contributed by atoms with van der Waals surface area (Å²) in [6, 6.07) is 9.15. The number of hydrogen-bond acceptors (Lipinski definition) is 7. The SMILES string of the molecule is COc1ccc(CS(=O)(=O)/C=C/c2cc(OC)c(OC)cc2[N+](=O)[O-])cc1. The number of ether oxygens (including phenoxy) is 3. The van der Waals surface area contributed by atoms with Crippen molar-refractivity contribution in [2.45, 2.75) is 5.75 Å². The summed E-state index contributed by atoms with van der Waals surface area (Å²) >= 11 is 0. The second-order valence-electron chi connectivity index (χ2n) is 5.48. The van der Waals surface area contributed by atoms with Crippen molar-refractivity contribution in [2.24, 2.45) is 0 Å². The predicted molar refractivity (Wildman–Crippen MR) is 101 cm³/mol. The molecule has 27 heavy (non-hydrogen) atoms. The van der Waals surface area contributed by atoms with Gasteiger partial charge in [0.25, 0.3) is 5.69 Å². The van der Waals surface area contributed by atoms with Gasteiger partial charge < -0.3 is 14.2 Å². The van der Waals surface area contributed by atoms with E-state index in [2.05, 4.69) is 0 Å². The van der Waals surface area contributed by atoms with Crippen LogP contribution in [0.25, 0.3) is 6.08 Å². The van der Waals surface area contributed by atoms with Crippen LogP contribution in [0.1, 0.15) is 11.1 Å². The topological polar surface area (TPSA) is 105 Å². The average molecular weight is 393 g/mol. The third kappa shape index (κ3) is 5.20. The van der Waals surface area contributed by atoms with Gasteiger partial charge in [-0.15, -0.1) is 0 Å². The van der Waals surface area contributed by atoms with Crippen molar-refractivity contribution >= 4 is 21.6 Å². The highest BCUT2D eigenvalue weighted by molar-refractivity contribution is 7.93. The van der Waals surface area contributed by atoms with Crippen LogP contribution in [0.2, 0.25) is 0 Å². The summed E-state index contributed by atoms with van der Waals surface area (Å²) in [7, 11) is 0.616. The minimum absolute atomic E-state index is 0.0935. The van der Waals surface area contributed by atoms with Crippen LogP contribution in [0.5, 0.6) is 17.2 Å². The maximum Gasteiger partial charge on any atom is 0.280 e. The zero-order chi connectivity index (χ0) is 20.0. The predicted octanol–water partition coefficient (Wildman–Crippen LogP) is 3.21. The van der Waals surface area contributed by atoms with E-state index in [1.807, 2.05) is 0 Å². The molecule has 0 unspecified atom stereocenters.